The van der Waals surface area contributed by atoms with Crippen LogP contribution >= 0.6 is 11.6 Å². The van der Waals surface area contributed by atoms with Crippen LogP contribution in [0.4, 0.5) is 0 Å². The molecule has 0 aliphatic heterocycles. The van der Waals surface area contributed by atoms with Crippen molar-refractivity contribution in [3.63, 3.8) is 0 Å². The van der Waals surface area contributed by atoms with Gasteiger partial charge in [0.25, 0.3) is 0 Å². The number of aromatic nitrogens is 3. The van der Waals surface area contributed by atoms with E-state index in [1.165, 1.54) is 25.7 Å². The quantitative estimate of drug-likeness (QED) is 0.779. The maximum atomic E-state index is 6.16. The third-order valence-corrected chi connectivity index (χ3v) is 4.38. The minimum atomic E-state index is 0.583. The Morgan fingerprint density at radius 1 is 1.24 bits per heavy atom. The minimum absolute atomic E-state index is 0.583. The number of hydrogen-bond donors (Lipinski definition) is 0. The molecule has 17 heavy (non-hydrogen) atoms. The Morgan fingerprint density at radius 3 is 2.41 bits per heavy atom. The molecule has 4 heteroatoms. The zero-order valence-corrected chi connectivity index (χ0v) is 11.2. The molecule has 3 nitrogen and oxygen atoms in total. The molecule has 0 atom stereocenters. The summed E-state index contributed by atoms with van der Waals surface area (Å²) in [5.74, 6) is 3.81. The number of halogens is 1. The van der Waals surface area contributed by atoms with Crippen LogP contribution in [0, 0.1) is 17.8 Å². The van der Waals surface area contributed by atoms with Gasteiger partial charge in [-0.3, -0.25) is 0 Å². The highest BCUT2D eigenvalue weighted by Gasteiger charge is 2.41. The van der Waals surface area contributed by atoms with Crippen molar-refractivity contribution in [3.05, 3.63) is 11.1 Å². The maximum absolute atomic E-state index is 6.16. The zero-order chi connectivity index (χ0) is 11.8. The van der Waals surface area contributed by atoms with Gasteiger partial charge in [-0.05, 0) is 61.5 Å². The Balaban J connectivity index is 1.75. The van der Waals surface area contributed by atoms with Crippen LogP contribution in [-0.4, -0.2) is 14.8 Å². The molecular formula is C13H20ClN3. The molecule has 0 saturated heterocycles. The molecular weight excluding hydrogens is 234 g/mol. The summed E-state index contributed by atoms with van der Waals surface area (Å²) in [5, 5.41) is 8.81. The third-order valence-electron chi connectivity index (χ3n) is 4.10. The number of nitrogens with zero attached hydrogens (tertiary/aromatic N) is 3. The van der Waals surface area contributed by atoms with Gasteiger partial charge in [-0.1, -0.05) is 6.92 Å². The standard InChI is InChI=1S/C13H20ClN3/c1-2-3-12-15-16-13(14)17(12)8-11(9-4-5-9)10-6-7-10/h9-11H,2-8H2,1H3. The minimum Gasteiger partial charge on any atom is -0.301 e. The van der Waals surface area contributed by atoms with Crippen LogP contribution in [0.5, 0.6) is 0 Å². The van der Waals surface area contributed by atoms with E-state index in [4.69, 9.17) is 11.6 Å². The molecule has 0 unspecified atom stereocenters. The Bertz CT molecular complexity index is 381. The third kappa shape index (κ3) is 2.49. The highest BCUT2D eigenvalue weighted by atomic mass is 35.5. The van der Waals surface area contributed by atoms with Gasteiger partial charge in [-0.2, -0.15) is 0 Å². The molecule has 0 radical (unpaired) electrons. The molecule has 1 aromatic rings. The summed E-state index contributed by atoms with van der Waals surface area (Å²) in [5.41, 5.74) is 0. The lowest BCUT2D eigenvalue weighted by atomic mass is 9.98. The Labute approximate surface area is 108 Å². The van der Waals surface area contributed by atoms with Gasteiger partial charge < -0.3 is 4.57 Å². The van der Waals surface area contributed by atoms with E-state index in [0.717, 1.165) is 43.0 Å². The summed E-state index contributed by atoms with van der Waals surface area (Å²) < 4.78 is 2.16. The van der Waals surface area contributed by atoms with Gasteiger partial charge in [0.05, 0.1) is 0 Å². The van der Waals surface area contributed by atoms with Crippen LogP contribution in [0.3, 0.4) is 0 Å². The van der Waals surface area contributed by atoms with Crippen LogP contribution < -0.4 is 0 Å². The molecule has 0 N–H and O–H groups in total. The molecule has 94 valence electrons. The number of rotatable bonds is 6. The second-order valence-electron chi connectivity index (χ2n) is 5.58. The molecule has 0 spiro atoms. The first-order chi connectivity index (χ1) is 8.29. The summed E-state index contributed by atoms with van der Waals surface area (Å²) in [6, 6.07) is 0. The predicted molar refractivity (Wildman–Crippen MR) is 68.0 cm³/mol. The van der Waals surface area contributed by atoms with E-state index in [1.807, 2.05) is 0 Å². The van der Waals surface area contributed by atoms with Crippen molar-refractivity contribution in [1.82, 2.24) is 14.8 Å². The van der Waals surface area contributed by atoms with Gasteiger partial charge in [0.2, 0.25) is 5.28 Å². The molecule has 2 aliphatic carbocycles. The van der Waals surface area contributed by atoms with Gasteiger partial charge in [0.15, 0.2) is 0 Å². The van der Waals surface area contributed by atoms with E-state index in [9.17, 15) is 0 Å². The number of aryl methyl sites for hydroxylation is 1. The van der Waals surface area contributed by atoms with E-state index >= 15 is 0 Å². The Kier molecular flexibility index (Phi) is 3.12. The molecule has 2 aliphatic rings. The first-order valence-corrected chi connectivity index (χ1v) is 7.25. The van der Waals surface area contributed by atoms with Gasteiger partial charge in [-0.25, -0.2) is 0 Å². The molecule has 3 rings (SSSR count). The summed E-state index contributed by atoms with van der Waals surface area (Å²) in [6.07, 6.45) is 7.77. The fraction of sp³-hybridized carbons (Fsp3) is 0.846. The molecule has 2 fully saturated rings. The average Bonchev–Trinajstić information content (AvgIpc) is 3.20. The molecule has 0 aromatic carbocycles. The van der Waals surface area contributed by atoms with Gasteiger partial charge in [0.1, 0.15) is 5.82 Å². The topological polar surface area (TPSA) is 30.7 Å². The zero-order valence-electron chi connectivity index (χ0n) is 10.4. The van der Waals surface area contributed by atoms with E-state index in [0.29, 0.717) is 5.28 Å². The van der Waals surface area contributed by atoms with E-state index < -0.39 is 0 Å². The summed E-state index contributed by atoms with van der Waals surface area (Å²) >= 11 is 6.16. The van der Waals surface area contributed by atoms with Crippen LogP contribution in [0.25, 0.3) is 0 Å². The summed E-state index contributed by atoms with van der Waals surface area (Å²) in [6.45, 7) is 3.22. The van der Waals surface area contributed by atoms with Crippen molar-refractivity contribution in [2.45, 2.75) is 52.0 Å². The Hall–Kier alpha value is -0.570. The van der Waals surface area contributed by atoms with Crippen LogP contribution in [0.1, 0.15) is 44.9 Å². The molecule has 0 amide bonds. The van der Waals surface area contributed by atoms with E-state index in [1.54, 1.807) is 0 Å². The second-order valence-corrected chi connectivity index (χ2v) is 5.92. The lowest BCUT2D eigenvalue weighted by molar-refractivity contribution is 0.344. The molecule has 1 heterocycles. The average molecular weight is 254 g/mol. The lowest BCUT2D eigenvalue weighted by Gasteiger charge is -2.17. The van der Waals surface area contributed by atoms with E-state index in [2.05, 4.69) is 21.7 Å². The molecule has 0 bridgehead atoms. The highest BCUT2D eigenvalue weighted by Crippen LogP contribution is 2.50. The SMILES string of the molecule is CCCc1nnc(Cl)n1CC(C1CC1)C1CC1. The first-order valence-electron chi connectivity index (χ1n) is 6.87. The van der Waals surface area contributed by atoms with Crippen molar-refractivity contribution in [1.29, 1.82) is 0 Å². The monoisotopic (exact) mass is 253 g/mol. The summed E-state index contributed by atoms with van der Waals surface area (Å²) in [4.78, 5) is 0. The van der Waals surface area contributed by atoms with Crippen molar-refractivity contribution in [3.8, 4) is 0 Å². The Morgan fingerprint density at radius 2 is 1.88 bits per heavy atom. The maximum Gasteiger partial charge on any atom is 0.225 e. The van der Waals surface area contributed by atoms with Crippen molar-refractivity contribution >= 4 is 11.6 Å². The van der Waals surface area contributed by atoms with Crippen molar-refractivity contribution < 1.29 is 0 Å². The fourth-order valence-electron chi connectivity index (χ4n) is 2.85. The van der Waals surface area contributed by atoms with Crippen LogP contribution in [0.15, 0.2) is 0 Å². The van der Waals surface area contributed by atoms with E-state index in [-0.39, 0.29) is 0 Å². The largest absolute Gasteiger partial charge is 0.301 e. The fourth-order valence-corrected chi connectivity index (χ4v) is 3.05. The summed E-state index contributed by atoms with van der Waals surface area (Å²) in [7, 11) is 0. The smallest absolute Gasteiger partial charge is 0.225 e. The first kappa shape index (κ1) is 11.5. The van der Waals surface area contributed by atoms with Crippen LogP contribution in [-0.2, 0) is 13.0 Å². The molecule has 1 aromatic heterocycles. The predicted octanol–water partition coefficient (Wildman–Crippen LogP) is 3.32. The van der Waals surface area contributed by atoms with Crippen molar-refractivity contribution in [2.75, 3.05) is 0 Å². The lowest BCUT2D eigenvalue weighted by Crippen LogP contribution is -2.17. The molecule has 2 saturated carbocycles. The normalized spacial score (nSPS) is 20.2. The second kappa shape index (κ2) is 4.60. The van der Waals surface area contributed by atoms with Crippen LogP contribution in [0.2, 0.25) is 5.28 Å². The van der Waals surface area contributed by atoms with Gasteiger partial charge >= 0.3 is 0 Å². The highest BCUT2D eigenvalue weighted by molar-refractivity contribution is 6.28. The number of hydrogen-bond acceptors (Lipinski definition) is 2. The van der Waals surface area contributed by atoms with Gasteiger partial charge in [0, 0.05) is 13.0 Å². The van der Waals surface area contributed by atoms with Crippen molar-refractivity contribution in [2.24, 2.45) is 17.8 Å². The van der Waals surface area contributed by atoms with Gasteiger partial charge in [-0.15, -0.1) is 10.2 Å².